The number of likely N-dealkylation sites (N-methyl/N-ethyl adjacent to an activating group) is 3. The largest absolute Gasteiger partial charge is 0.504 e. The Morgan fingerprint density at radius 1 is 0.772 bits per heavy atom. The van der Waals surface area contributed by atoms with E-state index >= 15 is 0 Å². The fraction of sp³-hybridized carbons (Fsp3) is 0.415. The van der Waals surface area contributed by atoms with Crippen molar-refractivity contribution in [3.05, 3.63) is 83.4 Å². The Morgan fingerprint density at radius 2 is 1.40 bits per heavy atom. The Bertz CT molecular complexity index is 1990. The summed E-state index contributed by atoms with van der Waals surface area (Å²) in [6, 6.07) is 11.2. The van der Waals surface area contributed by atoms with E-state index in [0.717, 1.165) is 15.4 Å². The second-order valence-corrected chi connectivity index (χ2v) is 14.6. The minimum absolute atomic E-state index is 0.0592. The second-order valence-electron chi connectivity index (χ2n) is 14.6. The number of hydrogen-bond donors (Lipinski definition) is 5. The maximum atomic E-state index is 14.6. The summed E-state index contributed by atoms with van der Waals surface area (Å²) in [4.78, 5) is 87.9. The third-order valence-electron chi connectivity index (χ3n) is 10.6. The molecule has 57 heavy (non-hydrogen) atoms. The lowest BCUT2D eigenvalue weighted by atomic mass is 9.97. The number of aliphatic hydroxyl groups excluding tert-OH is 1. The minimum atomic E-state index is -1.47. The van der Waals surface area contributed by atoms with Crippen LogP contribution >= 0.6 is 0 Å². The van der Waals surface area contributed by atoms with Gasteiger partial charge < -0.3 is 50.3 Å². The molecule has 7 atom stereocenters. The van der Waals surface area contributed by atoms with Crippen molar-refractivity contribution < 1.29 is 48.5 Å². The zero-order valence-electron chi connectivity index (χ0n) is 33.0. The third-order valence-corrected chi connectivity index (χ3v) is 10.6. The quantitative estimate of drug-likeness (QED) is 0.236. The zero-order chi connectivity index (χ0) is 41.7. The van der Waals surface area contributed by atoms with Gasteiger partial charge in [0.05, 0.1) is 19.3 Å². The van der Waals surface area contributed by atoms with Gasteiger partial charge >= 0.3 is 11.8 Å². The number of amides is 6. The first-order valence-electron chi connectivity index (χ1n) is 18.6. The van der Waals surface area contributed by atoms with Gasteiger partial charge in [-0.05, 0) is 80.3 Å². The average molecular weight is 787 g/mol. The molecule has 304 valence electrons. The molecule has 3 aromatic carbocycles. The molecule has 3 aliphatic heterocycles. The number of nitrogens with zero attached hydrogens (tertiary/aromatic N) is 3. The normalized spacial score (nSPS) is 24.7. The predicted molar refractivity (Wildman–Crippen MR) is 207 cm³/mol. The van der Waals surface area contributed by atoms with E-state index in [0.29, 0.717) is 22.6 Å². The maximum absolute atomic E-state index is 14.6. The summed E-state index contributed by atoms with van der Waals surface area (Å²) in [5.74, 6) is -4.07. The molecule has 7 unspecified atom stereocenters. The fourth-order valence-electron chi connectivity index (χ4n) is 6.96. The van der Waals surface area contributed by atoms with Crippen molar-refractivity contribution >= 4 is 35.4 Å². The molecule has 0 aliphatic carbocycles. The molecule has 0 radical (unpaired) electrons. The zero-order valence-corrected chi connectivity index (χ0v) is 33.0. The molecular weight excluding hydrogens is 736 g/mol. The molecule has 1 saturated heterocycles. The smallest absolute Gasteiger partial charge is 0.312 e. The Morgan fingerprint density at radius 3 is 2.04 bits per heavy atom. The van der Waals surface area contributed by atoms with Gasteiger partial charge in [0.25, 0.3) is 0 Å². The van der Waals surface area contributed by atoms with Gasteiger partial charge in [-0.15, -0.1) is 0 Å². The van der Waals surface area contributed by atoms with Crippen LogP contribution in [-0.2, 0) is 48.0 Å². The number of carbonyl (C=O) groups excluding carboxylic acids is 6. The molecule has 0 saturated carbocycles. The number of hydrogen-bond acceptors (Lipinski definition) is 10. The molecule has 3 aromatic rings. The van der Waals surface area contributed by atoms with E-state index in [1.807, 2.05) is 0 Å². The molecule has 6 rings (SSSR count). The van der Waals surface area contributed by atoms with Crippen molar-refractivity contribution in [3.8, 4) is 23.0 Å². The maximum Gasteiger partial charge on any atom is 0.312 e. The van der Waals surface area contributed by atoms with Crippen LogP contribution in [0, 0.1) is 0 Å². The topological polar surface area (TPSA) is 207 Å². The number of benzene rings is 3. The van der Waals surface area contributed by atoms with E-state index < -0.39 is 77.8 Å². The summed E-state index contributed by atoms with van der Waals surface area (Å²) in [6.45, 7) is 4.36. The van der Waals surface area contributed by atoms with Crippen LogP contribution in [0.4, 0.5) is 0 Å². The Labute approximate surface area is 331 Å². The van der Waals surface area contributed by atoms with Crippen LogP contribution in [0.5, 0.6) is 23.0 Å². The number of rotatable bonds is 4. The van der Waals surface area contributed by atoms with Crippen molar-refractivity contribution in [2.45, 2.75) is 82.4 Å². The van der Waals surface area contributed by atoms with E-state index in [-0.39, 0.29) is 30.8 Å². The minimum Gasteiger partial charge on any atom is -0.504 e. The highest BCUT2D eigenvalue weighted by molar-refractivity contribution is 6.35. The van der Waals surface area contributed by atoms with Gasteiger partial charge in [0.15, 0.2) is 11.5 Å². The molecule has 6 amide bonds. The first kappa shape index (κ1) is 42.0. The number of phenols is 1. The number of carbonyl (C=O) groups is 6. The summed E-state index contributed by atoms with van der Waals surface area (Å²) >= 11 is 0. The molecule has 16 heteroatoms. The van der Waals surface area contributed by atoms with E-state index in [1.165, 1.54) is 59.1 Å². The van der Waals surface area contributed by atoms with Crippen LogP contribution in [0.15, 0.2) is 66.7 Å². The Hall–Kier alpha value is -6.16. The second kappa shape index (κ2) is 17.7. The van der Waals surface area contributed by atoms with Gasteiger partial charge in [0, 0.05) is 40.0 Å². The number of methoxy groups -OCH3 is 1. The van der Waals surface area contributed by atoms with E-state index in [9.17, 15) is 39.0 Å². The molecule has 3 heterocycles. The summed E-state index contributed by atoms with van der Waals surface area (Å²) in [5, 5.41) is 29.3. The predicted octanol–water partition coefficient (Wildman–Crippen LogP) is 0.904. The number of fused-ring (bicyclic) bond motifs is 2. The van der Waals surface area contributed by atoms with E-state index in [4.69, 9.17) is 9.47 Å². The van der Waals surface area contributed by atoms with E-state index in [1.54, 1.807) is 61.5 Å². The summed E-state index contributed by atoms with van der Waals surface area (Å²) in [5.41, 5.74) is 1.83. The van der Waals surface area contributed by atoms with Crippen LogP contribution in [0.25, 0.3) is 0 Å². The molecule has 16 nitrogen and oxygen atoms in total. The van der Waals surface area contributed by atoms with Crippen molar-refractivity contribution in [1.29, 1.82) is 0 Å². The summed E-state index contributed by atoms with van der Waals surface area (Å²) in [6.07, 6.45) is -1.38. The highest BCUT2D eigenvalue weighted by Crippen LogP contribution is 2.33. The van der Waals surface area contributed by atoms with Crippen LogP contribution < -0.4 is 25.4 Å². The molecule has 3 aliphatic rings. The molecule has 5 N–H and O–H groups in total. The van der Waals surface area contributed by atoms with Gasteiger partial charge in [-0.2, -0.15) is 0 Å². The van der Waals surface area contributed by atoms with Crippen molar-refractivity contribution in [3.63, 3.8) is 0 Å². The lowest BCUT2D eigenvalue weighted by Gasteiger charge is -2.38. The van der Waals surface area contributed by atoms with Crippen molar-refractivity contribution in [2.75, 3.05) is 28.3 Å². The Kier molecular flexibility index (Phi) is 13.1. The van der Waals surface area contributed by atoms with Gasteiger partial charge in [-0.1, -0.05) is 30.3 Å². The third kappa shape index (κ3) is 9.63. The highest BCUT2D eigenvalue weighted by atomic mass is 16.5. The van der Waals surface area contributed by atoms with Crippen LogP contribution in [0.3, 0.4) is 0 Å². The van der Waals surface area contributed by atoms with Gasteiger partial charge in [-0.25, -0.2) is 0 Å². The standard InChI is InChI=1S/C41H50N6O10/c1-22-30(18-25-8-13-28(56-7)14-9-25)45(4)40(54)35(24(3)48)44-36(50)23(2)43-37(51)31-20-27-12-17-33(49)34(21-27)57-29-15-10-26(11-16-29)19-32(39(53)46(31)5)47(6)41(55)38(52)42-22/h8-17,21-24,30-32,35,48-49H,18-20H2,1-7H3,(H,42,52)(H,43,51)(H,44,50). The van der Waals surface area contributed by atoms with Crippen LogP contribution in [-0.4, -0.2) is 131 Å². The molecule has 6 bridgehead atoms. The number of nitrogens with one attached hydrogen (secondary N) is 3. The Balaban J connectivity index is 1.60. The lowest BCUT2D eigenvalue weighted by Crippen LogP contribution is -2.63. The van der Waals surface area contributed by atoms with Crippen molar-refractivity contribution in [2.24, 2.45) is 0 Å². The van der Waals surface area contributed by atoms with Crippen molar-refractivity contribution in [1.82, 2.24) is 30.7 Å². The van der Waals surface area contributed by atoms with E-state index in [2.05, 4.69) is 16.0 Å². The van der Waals surface area contributed by atoms with Crippen LogP contribution in [0.2, 0.25) is 0 Å². The molecular formula is C41H50N6O10. The summed E-state index contributed by atoms with van der Waals surface area (Å²) < 4.78 is 11.2. The molecule has 1 fully saturated rings. The SMILES string of the molecule is COc1ccc(CC2C(C)NC(=O)C(=O)N(C)C3Cc4ccc(cc4)Oc4cc(ccc4O)CC(C(=O)NC(C)C(=O)NC(C(C)O)C(=O)N2C)N(C)C3=O)cc1. The number of phenolic OH excluding ortho intramolecular Hbond substituents is 1. The lowest BCUT2D eigenvalue weighted by molar-refractivity contribution is -0.152. The number of aliphatic hydroxyl groups is 1. The highest BCUT2D eigenvalue weighted by Gasteiger charge is 2.40. The number of aromatic hydroxyl groups is 1. The van der Waals surface area contributed by atoms with Gasteiger partial charge in [0.2, 0.25) is 23.6 Å². The molecule has 0 aromatic heterocycles. The van der Waals surface area contributed by atoms with Crippen LogP contribution in [0.1, 0.15) is 37.5 Å². The first-order chi connectivity index (χ1) is 27.0. The number of ether oxygens (including phenoxy) is 2. The molecule has 0 spiro atoms. The monoisotopic (exact) mass is 786 g/mol. The average Bonchev–Trinajstić information content (AvgIpc) is 3.19. The van der Waals surface area contributed by atoms with Gasteiger partial charge in [0.1, 0.15) is 35.7 Å². The van der Waals surface area contributed by atoms with Gasteiger partial charge in [-0.3, -0.25) is 28.8 Å². The fourth-order valence-corrected chi connectivity index (χ4v) is 6.96. The summed E-state index contributed by atoms with van der Waals surface area (Å²) in [7, 11) is 5.71. The first-order valence-corrected chi connectivity index (χ1v) is 18.6.